The lowest BCUT2D eigenvalue weighted by Gasteiger charge is -2.34. The zero-order valence-electron chi connectivity index (χ0n) is 17.9. The third-order valence-electron chi connectivity index (χ3n) is 6.34. The van der Waals surface area contributed by atoms with Crippen molar-refractivity contribution >= 4 is 27.9 Å². The van der Waals surface area contributed by atoms with Gasteiger partial charge < -0.3 is 20.3 Å². The van der Waals surface area contributed by atoms with Crippen LogP contribution in [0.15, 0.2) is 12.4 Å². The van der Waals surface area contributed by atoms with Crippen molar-refractivity contribution in [3.63, 3.8) is 0 Å². The SMILES string of the molecule is CC1COCCN1c1nc(-c2cnc(N)nc2)c2c(n1)N(C1CCN(S(N)(=O)=O)C1)CC2. The van der Waals surface area contributed by atoms with Crippen LogP contribution < -0.4 is 20.7 Å². The highest BCUT2D eigenvalue weighted by atomic mass is 32.2. The summed E-state index contributed by atoms with van der Waals surface area (Å²) in [6, 6.07) is 0.145. The zero-order valence-corrected chi connectivity index (χ0v) is 18.7. The van der Waals surface area contributed by atoms with Gasteiger partial charge in [-0.05, 0) is 19.8 Å². The van der Waals surface area contributed by atoms with Crippen molar-refractivity contribution in [3.05, 3.63) is 18.0 Å². The number of hydrogen-bond donors (Lipinski definition) is 2. The molecule has 13 heteroatoms. The summed E-state index contributed by atoms with van der Waals surface area (Å²) < 4.78 is 30.6. The molecule has 4 N–H and O–H groups in total. The topological polar surface area (TPSA) is 157 Å². The Bertz CT molecular complexity index is 1110. The van der Waals surface area contributed by atoms with Gasteiger partial charge in [-0.2, -0.15) is 17.7 Å². The van der Waals surface area contributed by atoms with E-state index in [4.69, 9.17) is 25.6 Å². The molecule has 5 heterocycles. The molecule has 3 aliphatic heterocycles. The summed E-state index contributed by atoms with van der Waals surface area (Å²) in [5.74, 6) is 1.67. The molecule has 3 aliphatic rings. The third kappa shape index (κ3) is 3.85. The first-order valence-electron chi connectivity index (χ1n) is 10.7. The summed E-state index contributed by atoms with van der Waals surface area (Å²) in [6.07, 6.45) is 4.81. The second kappa shape index (κ2) is 8.06. The van der Waals surface area contributed by atoms with E-state index in [1.165, 1.54) is 4.31 Å². The van der Waals surface area contributed by atoms with Gasteiger partial charge in [-0.1, -0.05) is 0 Å². The summed E-state index contributed by atoms with van der Waals surface area (Å²) in [4.78, 5) is 22.5. The van der Waals surface area contributed by atoms with E-state index in [2.05, 4.69) is 26.7 Å². The first kappa shape index (κ1) is 21.2. The largest absolute Gasteiger partial charge is 0.377 e. The lowest BCUT2D eigenvalue weighted by atomic mass is 10.1. The van der Waals surface area contributed by atoms with Crippen LogP contribution in [0.4, 0.5) is 17.7 Å². The molecule has 0 bridgehead atoms. The quantitative estimate of drug-likeness (QED) is 0.601. The van der Waals surface area contributed by atoms with Crippen molar-refractivity contribution in [1.29, 1.82) is 0 Å². The number of nitrogens with two attached hydrogens (primary N) is 2. The average molecular weight is 462 g/mol. The standard InChI is InChI=1S/C19H27N9O3S/c1-12-11-31-7-6-27(12)19-24-16(13-8-22-18(20)23-9-13)15-3-5-28(17(15)25-19)14-2-4-26(10-14)32(21,29)30/h8-9,12,14H,2-7,10-11H2,1H3,(H2,20,22,23)(H2,21,29,30). The Hall–Kier alpha value is -2.61. The van der Waals surface area contributed by atoms with E-state index in [9.17, 15) is 8.42 Å². The number of morpholine rings is 1. The minimum absolute atomic E-state index is 0.00922. The van der Waals surface area contributed by atoms with Gasteiger partial charge in [0.2, 0.25) is 11.9 Å². The lowest BCUT2D eigenvalue weighted by molar-refractivity contribution is 0.0981. The monoisotopic (exact) mass is 461 g/mol. The van der Waals surface area contributed by atoms with E-state index in [1.54, 1.807) is 12.4 Å². The number of fused-ring (bicyclic) bond motifs is 1. The molecule has 0 amide bonds. The van der Waals surface area contributed by atoms with E-state index in [-0.39, 0.29) is 18.0 Å². The van der Waals surface area contributed by atoms with Gasteiger partial charge in [0.15, 0.2) is 0 Å². The highest BCUT2D eigenvalue weighted by Gasteiger charge is 2.38. The second-order valence-corrected chi connectivity index (χ2v) is 9.96. The third-order valence-corrected chi connectivity index (χ3v) is 7.40. The lowest BCUT2D eigenvalue weighted by Crippen LogP contribution is -2.45. The number of hydrogen-bond acceptors (Lipinski definition) is 10. The Labute approximate surface area is 186 Å². The number of nitrogen functional groups attached to an aromatic ring is 1. The van der Waals surface area contributed by atoms with Gasteiger partial charge in [-0.15, -0.1) is 0 Å². The molecular weight excluding hydrogens is 434 g/mol. The molecule has 2 aromatic heterocycles. The van der Waals surface area contributed by atoms with Crippen molar-refractivity contribution in [2.75, 3.05) is 54.9 Å². The number of ether oxygens (including phenoxy) is 1. The molecule has 2 atom stereocenters. The molecule has 0 saturated carbocycles. The van der Waals surface area contributed by atoms with Gasteiger partial charge >= 0.3 is 0 Å². The van der Waals surface area contributed by atoms with Gasteiger partial charge in [0.05, 0.1) is 24.9 Å². The molecule has 0 radical (unpaired) electrons. The minimum Gasteiger partial charge on any atom is -0.377 e. The molecule has 2 fully saturated rings. The second-order valence-electron chi connectivity index (χ2n) is 8.41. The number of nitrogens with zero attached hydrogens (tertiary/aromatic N) is 7. The molecule has 172 valence electrons. The van der Waals surface area contributed by atoms with E-state index >= 15 is 0 Å². The molecule has 0 aromatic carbocycles. The minimum atomic E-state index is -3.71. The highest BCUT2D eigenvalue weighted by Crippen LogP contribution is 2.38. The maximum absolute atomic E-state index is 11.8. The predicted octanol–water partition coefficient (Wildman–Crippen LogP) is -0.619. The predicted molar refractivity (Wildman–Crippen MR) is 119 cm³/mol. The van der Waals surface area contributed by atoms with Crippen LogP contribution in [0.5, 0.6) is 0 Å². The van der Waals surface area contributed by atoms with Crippen LogP contribution in [-0.4, -0.2) is 84.1 Å². The van der Waals surface area contributed by atoms with Crippen molar-refractivity contribution in [2.45, 2.75) is 31.8 Å². The smallest absolute Gasteiger partial charge is 0.276 e. The summed E-state index contributed by atoms with van der Waals surface area (Å²) in [7, 11) is -3.71. The number of aromatic nitrogens is 4. The Morgan fingerprint density at radius 3 is 2.59 bits per heavy atom. The first-order valence-corrected chi connectivity index (χ1v) is 12.2. The van der Waals surface area contributed by atoms with E-state index < -0.39 is 10.2 Å². The highest BCUT2D eigenvalue weighted by molar-refractivity contribution is 7.86. The van der Waals surface area contributed by atoms with Crippen LogP contribution in [0.2, 0.25) is 0 Å². The Morgan fingerprint density at radius 2 is 1.91 bits per heavy atom. The maximum Gasteiger partial charge on any atom is 0.276 e. The van der Waals surface area contributed by atoms with Crippen molar-refractivity contribution in [3.8, 4) is 11.3 Å². The molecule has 2 aromatic rings. The fourth-order valence-corrected chi connectivity index (χ4v) is 5.41. The normalized spacial score (nSPS) is 24.2. The summed E-state index contributed by atoms with van der Waals surface area (Å²) >= 11 is 0. The molecule has 2 saturated heterocycles. The van der Waals surface area contributed by atoms with Crippen molar-refractivity contribution in [1.82, 2.24) is 24.2 Å². The number of anilines is 3. The van der Waals surface area contributed by atoms with Crippen LogP contribution in [0.25, 0.3) is 11.3 Å². The summed E-state index contributed by atoms with van der Waals surface area (Å²) in [6.45, 7) is 5.49. The summed E-state index contributed by atoms with van der Waals surface area (Å²) in [5, 5.41) is 5.36. The molecular formula is C19H27N9O3S. The molecule has 5 rings (SSSR count). The molecule has 2 unspecified atom stereocenters. The van der Waals surface area contributed by atoms with Gasteiger partial charge in [0.25, 0.3) is 10.2 Å². The zero-order chi connectivity index (χ0) is 22.5. The van der Waals surface area contributed by atoms with Crippen LogP contribution in [0, 0.1) is 0 Å². The van der Waals surface area contributed by atoms with Gasteiger partial charge in [-0.3, -0.25) is 0 Å². The molecule has 0 spiro atoms. The van der Waals surface area contributed by atoms with Gasteiger partial charge in [0.1, 0.15) is 5.82 Å². The van der Waals surface area contributed by atoms with Crippen molar-refractivity contribution in [2.24, 2.45) is 5.14 Å². The van der Waals surface area contributed by atoms with E-state index in [0.717, 1.165) is 35.6 Å². The van der Waals surface area contributed by atoms with Crippen LogP contribution >= 0.6 is 0 Å². The maximum atomic E-state index is 11.8. The van der Waals surface area contributed by atoms with Gasteiger partial charge in [-0.25, -0.2) is 20.1 Å². The van der Waals surface area contributed by atoms with E-state index in [1.807, 2.05) is 0 Å². The van der Waals surface area contributed by atoms with Gasteiger partial charge in [0, 0.05) is 55.7 Å². The molecule has 32 heavy (non-hydrogen) atoms. The van der Waals surface area contributed by atoms with E-state index in [0.29, 0.717) is 45.2 Å². The fraction of sp³-hybridized carbons (Fsp3) is 0.579. The number of rotatable bonds is 4. The molecule has 12 nitrogen and oxygen atoms in total. The summed E-state index contributed by atoms with van der Waals surface area (Å²) in [5.41, 5.74) is 8.26. The van der Waals surface area contributed by atoms with Crippen molar-refractivity contribution < 1.29 is 13.2 Å². The molecule has 0 aliphatic carbocycles. The first-order chi connectivity index (χ1) is 15.3. The van der Waals surface area contributed by atoms with Crippen LogP contribution in [0.1, 0.15) is 18.9 Å². The Morgan fingerprint density at radius 1 is 1.12 bits per heavy atom. The Balaban J connectivity index is 1.56. The Kier molecular flexibility index (Phi) is 5.35. The average Bonchev–Trinajstić information content (AvgIpc) is 3.41. The van der Waals surface area contributed by atoms with Crippen LogP contribution in [-0.2, 0) is 21.4 Å². The fourth-order valence-electron chi connectivity index (χ4n) is 4.67. The van der Waals surface area contributed by atoms with Crippen LogP contribution in [0.3, 0.4) is 0 Å².